The minimum absolute atomic E-state index is 0.0579. The quantitative estimate of drug-likeness (QED) is 0.390. The maximum absolute atomic E-state index is 13.9. The first-order chi connectivity index (χ1) is 15.4. The highest BCUT2D eigenvalue weighted by Gasteiger charge is 2.34. The summed E-state index contributed by atoms with van der Waals surface area (Å²) in [5.74, 6) is -1.86. The predicted octanol–water partition coefficient (Wildman–Crippen LogP) is 3.83. The van der Waals surface area contributed by atoms with Crippen molar-refractivity contribution in [3.63, 3.8) is 0 Å². The van der Waals surface area contributed by atoms with Crippen molar-refractivity contribution < 1.29 is 14.0 Å². The van der Waals surface area contributed by atoms with Gasteiger partial charge in [0.15, 0.2) is 5.16 Å². The van der Waals surface area contributed by atoms with E-state index in [2.05, 4.69) is 20.6 Å². The Kier molecular flexibility index (Phi) is 6.36. The first kappa shape index (κ1) is 21.8. The molecule has 0 saturated heterocycles. The zero-order chi connectivity index (χ0) is 22.7. The molecule has 0 radical (unpaired) electrons. The van der Waals surface area contributed by atoms with Crippen molar-refractivity contribution in [3.8, 4) is 0 Å². The fraction of sp³-hybridized carbons (Fsp3) is 0.217. The van der Waals surface area contributed by atoms with Crippen LogP contribution in [0.1, 0.15) is 36.0 Å². The fourth-order valence-corrected chi connectivity index (χ4v) is 4.30. The molecule has 0 saturated carbocycles. The van der Waals surface area contributed by atoms with Crippen LogP contribution in [0.3, 0.4) is 0 Å². The van der Waals surface area contributed by atoms with Gasteiger partial charge in [0.25, 0.3) is 5.56 Å². The van der Waals surface area contributed by atoms with E-state index in [4.69, 9.17) is 0 Å². The van der Waals surface area contributed by atoms with Crippen molar-refractivity contribution in [3.05, 3.63) is 81.4 Å². The van der Waals surface area contributed by atoms with E-state index in [0.717, 1.165) is 23.7 Å². The zero-order valence-electron chi connectivity index (χ0n) is 17.3. The lowest BCUT2D eigenvalue weighted by atomic mass is 9.92. The summed E-state index contributed by atoms with van der Waals surface area (Å²) in [6.07, 6.45) is 0.723. The van der Waals surface area contributed by atoms with E-state index in [1.54, 1.807) is 30.3 Å². The van der Waals surface area contributed by atoms with Crippen LogP contribution in [0.5, 0.6) is 0 Å². The Bertz CT molecular complexity index is 1230. The highest BCUT2D eigenvalue weighted by Crippen LogP contribution is 2.31. The summed E-state index contributed by atoms with van der Waals surface area (Å²) < 4.78 is 13.9. The van der Waals surface area contributed by atoms with E-state index < -0.39 is 23.3 Å². The van der Waals surface area contributed by atoms with Gasteiger partial charge >= 0.3 is 0 Å². The molecular formula is C23H21FN4O3S. The number of fused-ring (bicyclic) bond motifs is 1. The Morgan fingerprint density at radius 3 is 2.66 bits per heavy atom. The van der Waals surface area contributed by atoms with Crippen LogP contribution in [0.25, 0.3) is 0 Å². The van der Waals surface area contributed by atoms with Gasteiger partial charge in [-0.3, -0.25) is 14.4 Å². The third-order valence-electron chi connectivity index (χ3n) is 5.20. The van der Waals surface area contributed by atoms with Gasteiger partial charge in [0, 0.05) is 17.9 Å². The number of aromatic amines is 1. The van der Waals surface area contributed by atoms with Crippen molar-refractivity contribution >= 4 is 35.1 Å². The number of carbonyl (C=O) groups is 2. The number of nitrogens with one attached hydrogen (secondary N) is 3. The number of thioether (sulfide) groups is 1. The lowest BCUT2D eigenvalue weighted by Crippen LogP contribution is -2.36. The monoisotopic (exact) mass is 452 g/mol. The smallest absolute Gasteiger partial charge is 0.257 e. The maximum Gasteiger partial charge on any atom is 0.257 e. The number of rotatable bonds is 6. The lowest BCUT2D eigenvalue weighted by molar-refractivity contribution is -0.123. The molecule has 164 valence electrons. The van der Waals surface area contributed by atoms with Gasteiger partial charge in [-0.1, -0.05) is 49.0 Å². The second kappa shape index (κ2) is 9.35. The van der Waals surface area contributed by atoms with E-state index in [1.807, 2.05) is 19.1 Å². The summed E-state index contributed by atoms with van der Waals surface area (Å²) in [6, 6.07) is 13.7. The molecule has 1 atom stereocenters. The Morgan fingerprint density at radius 2 is 1.94 bits per heavy atom. The molecule has 1 unspecified atom stereocenters. The number of halogens is 1. The SMILES string of the molecule is CCc1ccc(NC(=O)C2CC(=O)Nc3nc(SCc4ccccc4F)[nH]c(=O)c32)cc1. The van der Waals surface area contributed by atoms with E-state index in [0.29, 0.717) is 11.3 Å². The molecule has 0 bridgehead atoms. The fourth-order valence-electron chi connectivity index (χ4n) is 3.46. The van der Waals surface area contributed by atoms with E-state index >= 15 is 0 Å². The standard InChI is InChI=1S/C23H21FN4O3S/c1-2-13-7-9-15(10-8-13)25-21(30)16-11-18(29)26-20-19(16)22(31)28-23(27-20)32-12-14-5-3-4-6-17(14)24/h3-10,16H,2,11-12H2,1H3,(H,25,30)(H2,26,27,28,29,31). The minimum Gasteiger partial charge on any atom is -0.326 e. The Hall–Kier alpha value is -3.46. The molecule has 4 rings (SSSR count). The van der Waals surface area contributed by atoms with Gasteiger partial charge < -0.3 is 15.6 Å². The average molecular weight is 453 g/mol. The molecule has 0 spiro atoms. The van der Waals surface area contributed by atoms with Gasteiger partial charge in [0.2, 0.25) is 11.8 Å². The van der Waals surface area contributed by atoms with Crippen LogP contribution in [0, 0.1) is 5.82 Å². The first-order valence-corrected chi connectivity index (χ1v) is 11.1. The molecule has 3 N–H and O–H groups in total. The summed E-state index contributed by atoms with van der Waals surface area (Å²) in [6.45, 7) is 2.04. The minimum atomic E-state index is -0.966. The molecule has 32 heavy (non-hydrogen) atoms. The van der Waals surface area contributed by atoms with Crippen LogP contribution in [0.15, 0.2) is 58.5 Å². The van der Waals surface area contributed by atoms with Gasteiger partial charge in [0.05, 0.1) is 11.5 Å². The largest absolute Gasteiger partial charge is 0.326 e. The van der Waals surface area contributed by atoms with Gasteiger partial charge in [-0.05, 0) is 35.7 Å². The van der Waals surface area contributed by atoms with Crippen molar-refractivity contribution in [2.24, 2.45) is 0 Å². The number of anilines is 2. The first-order valence-electron chi connectivity index (χ1n) is 10.1. The number of nitrogens with zero attached hydrogens (tertiary/aromatic N) is 1. The Balaban J connectivity index is 1.56. The van der Waals surface area contributed by atoms with Crippen molar-refractivity contribution in [2.75, 3.05) is 10.6 Å². The maximum atomic E-state index is 13.9. The highest BCUT2D eigenvalue weighted by molar-refractivity contribution is 7.98. The molecule has 0 aliphatic carbocycles. The van der Waals surface area contributed by atoms with Crippen LogP contribution in [0.2, 0.25) is 0 Å². The highest BCUT2D eigenvalue weighted by atomic mass is 32.2. The number of hydrogen-bond donors (Lipinski definition) is 3. The van der Waals surface area contributed by atoms with Gasteiger partial charge in [-0.25, -0.2) is 9.37 Å². The van der Waals surface area contributed by atoms with Crippen LogP contribution < -0.4 is 16.2 Å². The van der Waals surface area contributed by atoms with Gasteiger partial charge in [-0.15, -0.1) is 0 Å². The second-order valence-electron chi connectivity index (χ2n) is 7.36. The van der Waals surface area contributed by atoms with E-state index in [9.17, 15) is 18.8 Å². The van der Waals surface area contributed by atoms with E-state index in [-0.39, 0.29) is 34.5 Å². The summed E-state index contributed by atoms with van der Waals surface area (Å²) >= 11 is 1.13. The second-order valence-corrected chi connectivity index (χ2v) is 8.32. The summed E-state index contributed by atoms with van der Waals surface area (Å²) in [5, 5.41) is 5.58. The van der Waals surface area contributed by atoms with Gasteiger partial charge in [-0.2, -0.15) is 0 Å². The summed E-state index contributed by atoms with van der Waals surface area (Å²) in [5.41, 5.74) is 1.79. The van der Waals surface area contributed by atoms with Gasteiger partial charge in [0.1, 0.15) is 11.6 Å². The number of H-pyrrole nitrogens is 1. The summed E-state index contributed by atoms with van der Waals surface area (Å²) in [7, 11) is 0. The summed E-state index contributed by atoms with van der Waals surface area (Å²) in [4.78, 5) is 44.9. The molecule has 7 nitrogen and oxygen atoms in total. The average Bonchev–Trinajstić information content (AvgIpc) is 2.78. The molecule has 0 fully saturated rings. The predicted molar refractivity (Wildman–Crippen MR) is 121 cm³/mol. The van der Waals surface area contributed by atoms with Crippen molar-refractivity contribution in [1.82, 2.24) is 9.97 Å². The van der Waals surface area contributed by atoms with Crippen LogP contribution in [0.4, 0.5) is 15.9 Å². The number of carbonyl (C=O) groups excluding carboxylic acids is 2. The Labute approximate surface area is 187 Å². The molecule has 1 aliphatic heterocycles. The number of amides is 2. The van der Waals surface area contributed by atoms with Crippen molar-refractivity contribution in [1.29, 1.82) is 0 Å². The Morgan fingerprint density at radius 1 is 1.19 bits per heavy atom. The molecule has 3 aromatic rings. The molecule has 1 aliphatic rings. The molecule has 1 aromatic heterocycles. The normalized spacial score (nSPS) is 15.1. The number of aromatic nitrogens is 2. The van der Waals surface area contributed by atoms with Crippen LogP contribution >= 0.6 is 11.8 Å². The van der Waals surface area contributed by atoms with Crippen molar-refractivity contribution in [2.45, 2.75) is 36.6 Å². The number of aryl methyl sites for hydroxylation is 1. The third kappa shape index (κ3) is 4.72. The lowest BCUT2D eigenvalue weighted by Gasteiger charge is -2.23. The molecule has 2 aromatic carbocycles. The molecular weight excluding hydrogens is 431 g/mol. The molecule has 2 heterocycles. The molecule has 2 amide bonds. The van der Waals surface area contributed by atoms with E-state index in [1.165, 1.54) is 6.07 Å². The topological polar surface area (TPSA) is 104 Å². The van der Waals surface area contributed by atoms with Crippen LogP contribution in [-0.2, 0) is 21.8 Å². The number of benzene rings is 2. The molecule has 9 heteroatoms. The zero-order valence-corrected chi connectivity index (χ0v) is 18.1. The van der Waals surface area contributed by atoms with Crippen LogP contribution in [-0.4, -0.2) is 21.8 Å². The third-order valence-corrected chi connectivity index (χ3v) is 6.12. The number of hydrogen-bond acceptors (Lipinski definition) is 5.